The van der Waals surface area contributed by atoms with Crippen molar-refractivity contribution < 1.29 is 9.53 Å². The number of nitrogens with two attached hydrogens (primary N) is 1. The van der Waals surface area contributed by atoms with Crippen molar-refractivity contribution in [3.63, 3.8) is 0 Å². The first-order valence-corrected chi connectivity index (χ1v) is 7.85. The molecule has 1 amide bonds. The van der Waals surface area contributed by atoms with E-state index in [1.807, 2.05) is 13.1 Å². The summed E-state index contributed by atoms with van der Waals surface area (Å²) in [6.45, 7) is 0. The van der Waals surface area contributed by atoms with Gasteiger partial charge in [-0.15, -0.1) is 0 Å². The monoisotopic (exact) mass is 289 g/mol. The second-order valence-electron chi connectivity index (χ2n) is 6.00. The molecule has 1 aromatic rings. The number of hydrogen-bond acceptors (Lipinski definition) is 4. The third kappa shape index (κ3) is 2.88. The molecule has 0 aromatic carbocycles. The van der Waals surface area contributed by atoms with Crippen molar-refractivity contribution in [2.75, 3.05) is 7.05 Å². The van der Waals surface area contributed by atoms with E-state index < -0.39 is 5.91 Å². The van der Waals surface area contributed by atoms with Gasteiger partial charge >= 0.3 is 0 Å². The lowest BCUT2D eigenvalue weighted by Crippen LogP contribution is -2.43. The number of nitrogens with one attached hydrogen (secondary N) is 1. The van der Waals surface area contributed by atoms with Crippen molar-refractivity contribution >= 4 is 5.91 Å². The molecule has 2 aliphatic carbocycles. The minimum absolute atomic E-state index is 0.0637. The Morgan fingerprint density at radius 1 is 1.33 bits per heavy atom. The van der Waals surface area contributed by atoms with Crippen LogP contribution in [0.25, 0.3) is 0 Å². The first-order valence-electron chi connectivity index (χ1n) is 7.85. The molecule has 3 rings (SSSR count). The molecule has 2 atom stereocenters. The number of aryl methyl sites for hydroxylation is 2. The molecule has 2 aliphatic rings. The molecule has 2 unspecified atom stereocenters. The van der Waals surface area contributed by atoms with Gasteiger partial charge in [-0.3, -0.25) is 4.79 Å². The van der Waals surface area contributed by atoms with E-state index in [2.05, 4.69) is 10.3 Å². The summed E-state index contributed by atoms with van der Waals surface area (Å²) in [5.74, 6) is -0.0284. The molecule has 1 saturated carbocycles. The van der Waals surface area contributed by atoms with Gasteiger partial charge in [0.1, 0.15) is 11.7 Å². The summed E-state index contributed by atoms with van der Waals surface area (Å²) < 4.78 is 6.10. The molecular weight excluding hydrogens is 266 g/mol. The highest BCUT2D eigenvalue weighted by molar-refractivity contribution is 5.95. The summed E-state index contributed by atoms with van der Waals surface area (Å²) >= 11 is 0. The van der Waals surface area contributed by atoms with Gasteiger partial charge in [-0.2, -0.15) is 0 Å². The van der Waals surface area contributed by atoms with E-state index in [-0.39, 0.29) is 6.10 Å². The predicted octanol–water partition coefficient (Wildman–Crippen LogP) is 1.58. The zero-order chi connectivity index (χ0) is 14.8. The van der Waals surface area contributed by atoms with Gasteiger partial charge in [-0.1, -0.05) is 6.42 Å². The minimum atomic E-state index is -0.455. The number of likely N-dealkylation sites (N-methyl/N-ethyl adjacent to an activating group) is 1. The molecular formula is C16H23N3O2. The van der Waals surface area contributed by atoms with Gasteiger partial charge < -0.3 is 15.8 Å². The van der Waals surface area contributed by atoms with Gasteiger partial charge in [-0.05, 0) is 57.2 Å². The van der Waals surface area contributed by atoms with E-state index >= 15 is 0 Å². The fourth-order valence-electron chi connectivity index (χ4n) is 3.43. The average Bonchev–Trinajstić information content (AvgIpc) is 2.94. The van der Waals surface area contributed by atoms with Crippen LogP contribution in [0.1, 0.15) is 53.7 Å². The van der Waals surface area contributed by atoms with Crippen molar-refractivity contribution in [2.24, 2.45) is 5.73 Å². The fraction of sp³-hybridized carbons (Fsp3) is 0.625. The standard InChI is InChI=1S/C16H23N3O2/c1-18-13-6-2-3-8-14(13)21-16-11(15(17)20)9-10-5-4-7-12(10)19-16/h9,13-14,18H,2-8H2,1H3,(H2,17,20). The maximum absolute atomic E-state index is 11.7. The number of pyridine rings is 1. The second-order valence-corrected chi connectivity index (χ2v) is 6.00. The summed E-state index contributed by atoms with van der Waals surface area (Å²) in [4.78, 5) is 16.3. The van der Waals surface area contributed by atoms with Crippen molar-refractivity contribution in [1.29, 1.82) is 0 Å². The number of carbonyl (C=O) groups is 1. The van der Waals surface area contributed by atoms with Crippen LogP contribution in [-0.2, 0) is 12.8 Å². The van der Waals surface area contributed by atoms with Gasteiger partial charge in [-0.25, -0.2) is 4.98 Å². The van der Waals surface area contributed by atoms with Crippen LogP contribution in [0, 0.1) is 0 Å². The highest BCUT2D eigenvalue weighted by Crippen LogP contribution is 2.29. The molecule has 3 N–H and O–H groups in total. The fourth-order valence-corrected chi connectivity index (χ4v) is 3.43. The highest BCUT2D eigenvalue weighted by Gasteiger charge is 2.28. The lowest BCUT2D eigenvalue weighted by Gasteiger charge is -2.31. The van der Waals surface area contributed by atoms with Crippen LogP contribution >= 0.6 is 0 Å². The van der Waals surface area contributed by atoms with Gasteiger partial charge in [0.25, 0.3) is 5.91 Å². The van der Waals surface area contributed by atoms with E-state index in [0.717, 1.165) is 49.8 Å². The van der Waals surface area contributed by atoms with E-state index in [4.69, 9.17) is 10.5 Å². The third-order valence-corrected chi connectivity index (χ3v) is 4.62. The summed E-state index contributed by atoms with van der Waals surface area (Å²) in [5.41, 5.74) is 8.14. The van der Waals surface area contributed by atoms with Gasteiger partial charge in [0.15, 0.2) is 0 Å². The van der Waals surface area contributed by atoms with Crippen LogP contribution in [0.15, 0.2) is 6.07 Å². The highest BCUT2D eigenvalue weighted by atomic mass is 16.5. The number of aromatic nitrogens is 1. The van der Waals surface area contributed by atoms with Crippen molar-refractivity contribution in [2.45, 2.75) is 57.1 Å². The number of rotatable bonds is 4. The number of ether oxygens (including phenoxy) is 1. The van der Waals surface area contributed by atoms with Gasteiger partial charge in [0.2, 0.25) is 5.88 Å². The first kappa shape index (κ1) is 14.3. The van der Waals surface area contributed by atoms with Crippen LogP contribution in [0.2, 0.25) is 0 Å². The zero-order valence-corrected chi connectivity index (χ0v) is 12.5. The molecule has 0 aliphatic heterocycles. The molecule has 114 valence electrons. The Bertz CT molecular complexity index is 545. The summed E-state index contributed by atoms with van der Waals surface area (Å²) in [6, 6.07) is 2.19. The van der Waals surface area contributed by atoms with Crippen molar-refractivity contribution in [3.05, 3.63) is 22.9 Å². The Morgan fingerprint density at radius 2 is 2.14 bits per heavy atom. The van der Waals surface area contributed by atoms with Crippen LogP contribution in [0.5, 0.6) is 5.88 Å². The Kier molecular flexibility index (Phi) is 4.10. The number of hydrogen-bond donors (Lipinski definition) is 2. The molecule has 5 heteroatoms. The maximum Gasteiger partial charge on any atom is 0.254 e. The topological polar surface area (TPSA) is 77.2 Å². The van der Waals surface area contributed by atoms with Crippen molar-refractivity contribution in [1.82, 2.24) is 10.3 Å². The molecule has 1 heterocycles. The normalized spacial score (nSPS) is 24.6. The maximum atomic E-state index is 11.7. The Labute approximate surface area is 125 Å². The zero-order valence-electron chi connectivity index (χ0n) is 12.5. The SMILES string of the molecule is CNC1CCCCC1Oc1nc2c(cc1C(N)=O)CCC2. The molecule has 0 spiro atoms. The van der Waals surface area contributed by atoms with Crippen LogP contribution in [0.4, 0.5) is 0 Å². The summed E-state index contributed by atoms with van der Waals surface area (Å²) in [5, 5.41) is 3.31. The molecule has 1 aromatic heterocycles. The number of nitrogens with zero attached hydrogens (tertiary/aromatic N) is 1. The number of carbonyl (C=O) groups excluding carboxylic acids is 1. The van der Waals surface area contributed by atoms with Gasteiger partial charge in [0.05, 0.1) is 0 Å². The minimum Gasteiger partial charge on any atom is -0.472 e. The van der Waals surface area contributed by atoms with E-state index in [9.17, 15) is 4.79 Å². The predicted molar refractivity (Wildman–Crippen MR) is 80.5 cm³/mol. The third-order valence-electron chi connectivity index (χ3n) is 4.62. The molecule has 21 heavy (non-hydrogen) atoms. The van der Waals surface area contributed by atoms with E-state index in [0.29, 0.717) is 17.5 Å². The Balaban J connectivity index is 1.88. The van der Waals surface area contributed by atoms with Crippen LogP contribution in [0.3, 0.4) is 0 Å². The average molecular weight is 289 g/mol. The van der Waals surface area contributed by atoms with E-state index in [1.165, 1.54) is 6.42 Å². The van der Waals surface area contributed by atoms with Crippen LogP contribution in [-0.4, -0.2) is 30.1 Å². The summed E-state index contributed by atoms with van der Waals surface area (Å²) in [6.07, 6.45) is 7.54. The summed E-state index contributed by atoms with van der Waals surface area (Å²) in [7, 11) is 1.96. The van der Waals surface area contributed by atoms with Crippen LogP contribution < -0.4 is 15.8 Å². The number of primary amides is 1. The molecule has 5 nitrogen and oxygen atoms in total. The molecule has 1 fully saturated rings. The van der Waals surface area contributed by atoms with Crippen molar-refractivity contribution in [3.8, 4) is 5.88 Å². The largest absolute Gasteiger partial charge is 0.472 e. The number of amides is 1. The van der Waals surface area contributed by atoms with Gasteiger partial charge in [0, 0.05) is 11.7 Å². The lowest BCUT2D eigenvalue weighted by atomic mass is 9.92. The smallest absolute Gasteiger partial charge is 0.254 e. The Hall–Kier alpha value is -1.62. The Morgan fingerprint density at radius 3 is 2.90 bits per heavy atom. The lowest BCUT2D eigenvalue weighted by molar-refractivity contribution is 0.0959. The quantitative estimate of drug-likeness (QED) is 0.882. The number of fused-ring (bicyclic) bond motifs is 1. The molecule has 0 bridgehead atoms. The second kappa shape index (κ2) is 6.02. The van der Waals surface area contributed by atoms with E-state index in [1.54, 1.807) is 0 Å². The molecule has 0 radical (unpaired) electrons. The first-order chi connectivity index (χ1) is 10.2. The molecule has 0 saturated heterocycles.